The van der Waals surface area contributed by atoms with Crippen molar-refractivity contribution in [1.29, 1.82) is 0 Å². The lowest BCUT2D eigenvalue weighted by Gasteiger charge is -2.13. The van der Waals surface area contributed by atoms with E-state index < -0.39 is 10.0 Å². The monoisotopic (exact) mass is 269 g/mol. The van der Waals surface area contributed by atoms with Gasteiger partial charge in [0.2, 0.25) is 10.0 Å². The van der Waals surface area contributed by atoms with Gasteiger partial charge in [0.15, 0.2) is 0 Å². The molecule has 1 aliphatic rings. The molecule has 2 unspecified atom stereocenters. The van der Waals surface area contributed by atoms with E-state index >= 15 is 0 Å². The number of hydrogen-bond acceptors (Lipinski definition) is 3. The number of sulfonamides is 1. The van der Waals surface area contributed by atoms with Crippen LogP contribution < -0.4 is 4.72 Å². The molecule has 0 bridgehead atoms. The minimum absolute atomic E-state index is 0.0583. The minimum Gasteiger partial charge on any atom is -0.377 e. The Balaban J connectivity index is 2.27. The van der Waals surface area contributed by atoms with Crippen LogP contribution in [0, 0.1) is 0 Å². The fourth-order valence-corrected chi connectivity index (χ4v) is 3.42. The van der Waals surface area contributed by atoms with Crippen LogP contribution in [-0.2, 0) is 14.8 Å². The number of rotatable bonds is 7. The molecule has 1 fully saturated rings. The van der Waals surface area contributed by atoms with Gasteiger partial charge in [-0.05, 0) is 19.3 Å². The smallest absolute Gasteiger partial charge is 0.214 e. The van der Waals surface area contributed by atoms with Gasteiger partial charge in [0.1, 0.15) is 0 Å². The van der Waals surface area contributed by atoms with Gasteiger partial charge in [0, 0.05) is 18.5 Å². The zero-order valence-electron chi connectivity index (χ0n) is 9.62. The van der Waals surface area contributed by atoms with Crippen molar-refractivity contribution >= 4 is 21.6 Å². The summed E-state index contributed by atoms with van der Waals surface area (Å²) in [6.07, 6.45) is 3.43. The van der Waals surface area contributed by atoms with Gasteiger partial charge in [-0.15, -0.1) is 11.6 Å². The van der Waals surface area contributed by atoms with Crippen LogP contribution in [0.3, 0.4) is 0 Å². The lowest BCUT2D eigenvalue weighted by atomic mass is 10.2. The molecule has 0 aromatic carbocycles. The standard InChI is InChI=1S/C10H20ClNO3S/c1-2-4-9(11)7-12-16(13,14)8-10-5-3-6-15-10/h9-10,12H,2-8H2,1H3. The van der Waals surface area contributed by atoms with E-state index in [0.29, 0.717) is 13.2 Å². The Hall–Kier alpha value is 0.160. The summed E-state index contributed by atoms with van der Waals surface area (Å²) in [7, 11) is -3.24. The summed E-state index contributed by atoms with van der Waals surface area (Å²) in [6.45, 7) is 3.01. The minimum atomic E-state index is -3.24. The van der Waals surface area contributed by atoms with Gasteiger partial charge in [0.05, 0.1) is 11.9 Å². The number of alkyl halides is 1. The molecule has 0 aromatic rings. The van der Waals surface area contributed by atoms with Crippen LogP contribution in [0.2, 0.25) is 0 Å². The molecule has 0 aromatic heterocycles. The molecule has 0 aliphatic carbocycles. The summed E-state index contributed by atoms with van der Waals surface area (Å²) in [5.74, 6) is 0.0583. The van der Waals surface area contributed by atoms with Crippen LogP contribution >= 0.6 is 11.6 Å². The molecule has 0 radical (unpaired) electrons. The van der Waals surface area contributed by atoms with Crippen LogP contribution in [0.25, 0.3) is 0 Å². The van der Waals surface area contributed by atoms with Crippen molar-refractivity contribution in [2.24, 2.45) is 0 Å². The van der Waals surface area contributed by atoms with Gasteiger partial charge in [-0.2, -0.15) is 0 Å². The van der Waals surface area contributed by atoms with E-state index in [0.717, 1.165) is 25.7 Å². The predicted molar refractivity (Wildman–Crippen MR) is 65.3 cm³/mol. The van der Waals surface area contributed by atoms with Gasteiger partial charge in [-0.3, -0.25) is 0 Å². The van der Waals surface area contributed by atoms with Crippen molar-refractivity contribution in [3.8, 4) is 0 Å². The molecule has 1 heterocycles. The first-order valence-electron chi connectivity index (χ1n) is 5.76. The van der Waals surface area contributed by atoms with E-state index in [1.807, 2.05) is 6.92 Å². The average Bonchev–Trinajstić information content (AvgIpc) is 2.67. The van der Waals surface area contributed by atoms with Gasteiger partial charge < -0.3 is 4.74 Å². The van der Waals surface area contributed by atoms with Gasteiger partial charge in [-0.1, -0.05) is 13.3 Å². The Morgan fingerprint density at radius 2 is 2.31 bits per heavy atom. The van der Waals surface area contributed by atoms with E-state index in [1.165, 1.54) is 0 Å². The summed E-state index contributed by atoms with van der Waals surface area (Å²) >= 11 is 5.95. The molecule has 2 atom stereocenters. The Kier molecular flexibility index (Phi) is 6.03. The third-order valence-electron chi connectivity index (χ3n) is 2.56. The second-order valence-corrected chi connectivity index (χ2v) is 6.62. The third-order valence-corrected chi connectivity index (χ3v) is 4.35. The van der Waals surface area contributed by atoms with Crippen molar-refractivity contribution in [3.63, 3.8) is 0 Å². The topological polar surface area (TPSA) is 55.4 Å². The maximum Gasteiger partial charge on any atom is 0.214 e. The molecule has 0 amide bonds. The first kappa shape index (κ1) is 14.2. The second kappa shape index (κ2) is 6.79. The molecule has 6 heteroatoms. The number of nitrogens with one attached hydrogen (secondary N) is 1. The molecule has 0 spiro atoms. The maximum absolute atomic E-state index is 11.6. The Morgan fingerprint density at radius 3 is 2.88 bits per heavy atom. The predicted octanol–water partition coefficient (Wildman–Crippen LogP) is 1.49. The molecule has 1 rings (SSSR count). The Morgan fingerprint density at radius 1 is 1.56 bits per heavy atom. The lowest BCUT2D eigenvalue weighted by molar-refractivity contribution is 0.127. The highest BCUT2D eigenvalue weighted by Gasteiger charge is 2.23. The molecule has 0 saturated carbocycles. The summed E-state index contributed by atoms with van der Waals surface area (Å²) < 4.78 is 31.1. The van der Waals surface area contributed by atoms with E-state index in [1.54, 1.807) is 0 Å². The maximum atomic E-state index is 11.6. The van der Waals surface area contributed by atoms with E-state index in [4.69, 9.17) is 16.3 Å². The van der Waals surface area contributed by atoms with Gasteiger partial charge >= 0.3 is 0 Å². The molecule has 1 saturated heterocycles. The zero-order valence-corrected chi connectivity index (χ0v) is 11.2. The number of halogens is 1. The SMILES string of the molecule is CCCC(Cl)CNS(=O)(=O)CC1CCCO1. The number of hydrogen-bond donors (Lipinski definition) is 1. The van der Waals surface area contributed by atoms with Crippen molar-refractivity contribution in [2.75, 3.05) is 18.9 Å². The highest BCUT2D eigenvalue weighted by atomic mass is 35.5. The van der Waals surface area contributed by atoms with Crippen LogP contribution in [0.1, 0.15) is 32.6 Å². The van der Waals surface area contributed by atoms with Gasteiger partial charge in [0.25, 0.3) is 0 Å². The average molecular weight is 270 g/mol. The Bertz CT molecular complexity index is 288. The molecule has 1 aliphatic heterocycles. The molecule has 96 valence electrons. The molecule has 4 nitrogen and oxygen atoms in total. The fourth-order valence-electron chi connectivity index (χ4n) is 1.71. The molecular formula is C10H20ClNO3S. The summed E-state index contributed by atoms with van der Waals surface area (Å²) in [5, 5.41) is -0.121. The van der Waals surface area contributed by atoms with Crippen LogP contribution in [-0.4, -0.2) is 38.8 Å². The molecule has 1 N–H and O–H groups in total. The quantitative estimate of drug-likeness (QED) is 0.713. The van der Waals surface area contributed by atoms with Crippen molar-refractivity contribution < 1.29 is 13.2 Å². The number of ether oxygens (including phenoxy) is 1. The van der Waals surface area contributed by atoms with Crippen molar-refractivity contribution in [2.45, 2.75) is 44.1 Å². The van der Waals surface area contributed by atoms with Crippen LogP contribution in [0.5, 0.6) is 0 Å². The highest BCUT2D eigenvalue weighted by Crippen LogP contribution is 2.13. The van der Waals surface area contributed by atoms with Crippen molar-refractivity contribution in [1.82, 2.24) is 4.72 Å². The second-order valence-electron chi connectivity index (χ2n) is 4.15. The lowest BCUT2D eigenvalue weighted by Crippen LogP contribution is -2.35. The first-order valence-corrected chi connectivity index (χ1v) is 7.85. The normalized spacial score (nSPS) is 23.5. The molecule has 16 heavy (non-hydrogen) atoms. The fraction of sp³-hybridized carbons (Fsp3) is 1.00. The Labute approximate surface area is 103 Å². The highest BCUT2D eigenvalue weighted by molar-refractivity contribution is 7.89. The largest absolute Gasteiger partial charge is 0.377 e. The summed E-state index contributed by atoms with van der Waals surface area (Å²) in [6, 6.07) is 0. The summed E-state index contributed by atoms with van der Waals surface area (Å²) in [4.78, 5) is 0. The van der Waals surface area contributed by atoms with E-state index in [-0.39, 0.29) is 17.2 Å². The molecular weight excluding hydrogens is 250 g/mol. The van der Waals surface area contributed by atoms with Crippen molar-refractivity contribution in [3.05, 3.63) is 0 Å². The first-order chi connectivity index (χ1) is 7.53. The zero-order chi connectivity index (χ0) is 12.0. The summed E-state index contributed by atoms with van der Waals surface area (Å²) in [5.41, 5.74) is 0. The van der Waals surface area contributed by atoms with Crippen LogP contribution in [0.4, 0.5) is 0 Å². The van der Waals surface area contributed by atoms with Crippen LogP contribution in [0.15, 0.2) is 0 Å². The van der Waals surface area contributed by atoms with E-state index in [2.05, 4.69) is 4.72 Å². The third kappa shape index (κ3) is 5.48. The van der Waals surface area contributed by atoms with Gasteiger partial charge in [-0.25, -0.2) is 13.1 Å². The van der Waals surface area contributed by atoms with E-state index in [9.17, 15) is 8.42 Å².